The van der Waals surface area contributed by atoms with Gasteiger partial charge >= 0.3 is 0 Å². The second-order valence-corrected chi connectivity index (χ2v) is 7.06. The number of hydrogen-bond acceptors (Lipinski definition) is 5. The third-order valence-electron chi connectivity index (χ3n) is 4.96. The monoisotopic (exact) mass is 411 g/mol. The van der Waals surface area contributed by atoms with E-state index in [1.807, 2.05) is 66.7 Å². The van der Waals surface area contributed by atoms with Crippen molar-refractivity contribution in [3.8, 4) is 11.3 Å². The fraction of sp³-hybridized carbons (Fsp3) is 0.0833. The fourth-order valence-electron chi connectivity index (χ4n) is 3.36. The molecular formula is C24H21N5O2. The molecule has 4 rings (SSSR count). The van der Waals surface area contributed by atoms with E-state index in [1.165, 1.54) is 0 Å². The molecule has 0 fully saturated rings. The van der Waals surface area contributed by atoms with Crippen molar-refractivity contribution in [2.75, 3.05) is 0 Å². The first-order chi connectivity index (χ1) is 15.0. The van der Waals surface area contributed by atoms with Crippen LogP contribution in [0, 0.1) is 0 Å². The van der Waals surface area contributed by atoms with Crippen LogP contribution in [0.25, 0.3) is 22.0 Å². The third-order valence-corrected chi connectivity index (χ3v) is 4.96. The van der Waals surface area contributed by atoms with Crippen molar-refractivity contribution >= 4 is 22.6 Å². The Morgan fingerprint density at radius 1 is 0.935 bits per heavy atom. The van der Waals surface area contributed by atoms with E-state index in [0.717, 1.165) is 21.9 Å². The molecule has 31 heavy (non-hydrogen) atoms. The lowest BCUT2D eigenvalue weighted by atomic mass is 10.1. The molecule has 0 aliphatic heterocycles. The number of carbonyl (C=O) groups is 2. The average Bonchev–Trinajstić information content (AvgIpc) is 2.82. The first kappa shape index (κ1) is 20.2. The normalized spacial score (nSPS) is 10.7. The summed E-state index contributed by atoms with van der Waals surface area (Å²) in [5.74, 6) is -0.826. The number of nitrogens with zero attached hydrogens (tertiary/aromatic N) is 2. The first-order valence-electron chi connectivity index (χ1n) is 9.77. The SMILES string of the molecule is NCc1ncc(-c2cccc(CNC(=O)c3ccc4ccccc4c3)c2)nc1C(N)=O. The molecule has 0 unspecified atom stereocenters. The van der Waals surface area contributed by atoms with Crippen molar-refractivity contribution in [1.29, 1.82) is 0 Å². The Hall–Kier alpha value is -4.10. The molecule has 0 saturated heterocycles. The van der Waals surface area contributed by atoms with Crippen LogP contribution < -0.4 is 16.8 Å². The summed E-state index contributed by atoms with van der Waals surface area (Å²) >= 11 is 0. The molecule has 0 radical (unpaired) electrons. The van der Waals surface area contributed by atoms with Gasteiger partial charge in [0.25, 0.3) is 11.8 Å². The van der Waals surface area contributed by atoms with Crippen molar-refractivity contribution in [3.05, 3.63) is 95.4 Å². The smallest absolute Gasteiger partial charge is 0.269 e. The van der Waals surface area contributed by atoms with Gasteiger partial charge in [0.2, 0.25) is 0 Å². The van der Waals surface area contributed by atoms with Gasteiger partial charge in [0.15, 0.2) is 5.69 Å². The molecule has 154 valence electrons. The highest BCUT2D eigenvalue weighted by atomic mass is 16.2. The second-order valence-electron chi connectivity index (χ2n) is 7.06. The van der Waals surface area contributed by atoms with Crippen LogP contribution >= 0.6 is 0 Å². The van der Waals surface area contributed by atoms with Crippen molar-refractivity contribution in [3.63, 3.8) is 0 Å². The molecular weight excluding hydrogens is 390 g/mol. The van der Waals surface area contributed by atoms with E-state index < -0.39 is 5.91 Å². The molecule has 0 spiro atoms. The van der Waals surface area contributed by atoms with Crippen LogP contribution in [-0.4, -0.2) is 21.8 Å². The van der Waals surface area contributed by atoms with Crippen LogP contribution in [0.15, 0.2) is 72.9 Å². The Morgan fingerprint density at radius 2 is 1.74 bits per heavy atom. The van der Waals surface area contributed by atoms with Crippen LogP contribution in [0.3, 0.4) is 0 Å². The number of amides is 2. The highest BCUT2D eigenvalue weighted by Gasteiger charge is 2.13. The Balaban J connectivity index is 1.51. The zero-order chi connectivity index (χ0) is 21.8. The molecule has 0 aliphatic rings. The van der Waals surface area contributed by atoms with Gasteiger partial charge in [-0.15, -0.1) is 0 Å². The van der Waals surface area contributed by atoms with Crippen LogP contribution in [0.5, 0.6) is 0 Å². The molecule has 0 saturated carbocycles. The van der Waals surface area contributed by atoms with Gasteiger partial charge < -0.3 is 16.8 Å². The lowest BCUT2D eigenvalue weighted by molar-refractivity contribution is 0.0949. The largest absolute Gasteiger partial charge is 0.364 e. The average molecular weight is 411 g/mol. The van der Waals surface area contributed by atoms with Gasteiger partial charge in [0.05, 0.1) is 17.6 Å². The standard InChI is InChI=1S/C24H21N5O2/c25-12-20-22(23(26)30)29-21(14-27-20)18-7-3-4-15(10-18)13-28-24(31)19-9-8-16-5-1-2-6-17(16)11-19/h1-11,14H,12-13,25H2,(H2,26,30)(H,28,31). The number of nitrogens with two attached hydrogens (primary N) is 2. The van der Waals surface area contributed by atoms with Gasteiger partial charge in [-0.1, -0.05) is 48.5 Å². The van der Waals surface area contributed by atoms with Gasteiger partial charge in [-0.05, 0) is 34.5 Å². The number of fused-ring (bicyclic) bond motifs is 1. The summed E-state index contributed by atoms with van der Waals surface area (Å²) in [6.07, 6.45) is 1.56. The summed E-state index contributed by atoms with van der Waals surface area (Å²) in [5, 5.41) is 5.04. The lowest BCUT2D eigenvalue weighted by Gasteiger charge is -2.09. The zero-order valence-corrected chi connectivity index (χ0v) is 16.7. The first-order valence-corrected chi connectivity index (χ1v) is 9.77. The van der Waals surface area contributed by atoms with E-state index in [1.54, 1.807) is 6.20 Å². The summed E-state index contributed by atoms with van der Waals surface area (Å²) in [4.78, 5) is 32.8. The number of hydrogen-bond donors (Lipinski definition) is 3. The van der Waals surface area contributed by atoms with E-state index in [-0.39, 0.29) is 18.1 Å². The Kier molecular flexibility index (Phi) is 5.68. The van der Waals surface area contributed by atoms with Crippen LogP contribution in [0.4, 0.5) is 0 Å². The minimum Gasteiger partial charge on any atom is -0.364 e. The highest BCUT2D eigenvalue weighted by Crippen LogP contribution is 2.20. The van der Waals surface area contributed by atoms with Crippen molar-refractivity contribution in [2.24, 2.45) is 11.5 Å². The number of benzene rings is 3. The molecule has 3 aromatic carbocycles. The predicted molar refractivity (Wildman–Crippen MR) is 119 cm³/mol. The van der Waals surface area contributed by atoms with Crippen molar-refractivity contribution < 1.29 is 9.59 Å². The number of aromatic nitrogens is 2. The molecule has 0 aliphatic carbocycles. The maximum absolute atomic E-state index is 12.6. The van der Waals surface area contributed by atoms with E-state index in [2.05, 4.69) is 15.3 Å². The molecule has 5 N–H and O–H groups in total. The summed E-state index contributed by atoms with van der Waals surface area (Å²) in [6.45, 7) is 0.420. The van der Waals surface area contributed by atoms with Gasteiger partial charge in [-0.3, -0.25) is 14.6 Å². The maximum Gasteiger partial charge on any atom is 0.269 e. The van der Waals surface area contributed by atoms with Crippen molar-refractivity contribution in [2.45, 2.75) is 13.1 Å². The molecule has 1 aromatic heterocycles. The molecule has 0 atom stereocenters. The minimum atomic E-state index is -0.673. The van der Waals surface area contributed by atoms with E-state index in [4.69, 9.17) is 11.5 Å². The topological polar surface area (TPSA) is 124 Å². The highest BCUT2D eigenvalue weighted by molar-refractivity contribution is 5.98. The van der Waals surface area contributed by atoms with Gasteiger partial charge in [-0.25, -0.2) is 4.98 Å². The van der Waals surface area contributed by atoms with Gasteiger partial charge in [-0.2, -0.15) is 0 Å². The van der Waals surface area contributed by atoms with E-state index >= 15 is 0 Å². The summed E-state index contributed by atoms with van der Waals surface area (Å²) in [7, 11) is 0. The zero-order valence-electron chi connectivity index (χ0n) is 16.7. The van der Waals surface area contributed by atoms with Crippen molar-refractivity contribution in [1.82, 2.24) is 15.3 Å². The molecule has 4 aromatic rings. The number of primary amides is 1. The number of rotatable bonds is 6. The number of carbonyl (C=O) groups excluding carboxylic acids is 2. The van der Waals surface area contributed by atoms with E-state index in [9.17, 15) is 9.59 Å². The maximum atomic E-state index is 12.6. The second kappa shape index (κ2) is 8.73. The fourth-order valence-corrected chi connectivity index (χ4v) is 3.36. The molecule has 2 amide bonds. The molecule has 0 bridgehead atoms. The summed E-state index contributed by atoms with van der Waals surface area (Å²) in [5.41, 5.74) is 14.2. The summed E-state index contributed by atoms with van der Waals surface area (Å²) in [6, 6.07) is 21.0. The Labute approximate surface area is 179 Å². The summed E-state index contributed by atoms with van der Waals surface area (Å²) < 4.78 is 0. The minimum absolute atomic E-state index is 0.0648. The Morgan fingerprint density at radius 3 is 2.52 bits per heavy atom. The number of nitrogens with one attached hydrogen (secondary N) is 1. The third kappa shape index (κ3) is 4.41. The quantitative estimate of drug-likeness (QED) is 0.450. The van der Waals surface area contributed by atoms with E-state index in [0.29, 0.717) is 23.5 Å². The molecule has 7 heteroatoms. The van der Waals surface area contributed by atoms with Crippen LogP contribution in [-0.2, 0) is 13.1 Å². The molecule has 7 nitrogen and oxygen atoms in total. The van der Waals surface area contributed by atoms with Gasteiger partial charge in [0.1, 0.15) is 0 Å². The predicted octanol–water partition coefficient (Wildman–Crippen LogP) is 2.78. The van der Waals surface area contributed by atoms with Gasteiger partial charge in [0, 0.05) is 24.2 Å². The lowest BCUT2D eigenvalue weighted by Crippen LogP contribution is -2.22. The van der Waals surface area contributed by atoms with Crippen LogP contribution in [0.2, 0.25) is 0 Å². The van der Waals surface area contributed by atoms with Crippen LogP contribution in [0.1, 0.15) is 32.1 Å². The molecule has 1 heterocycles. The Bertz CT molecular complexity index is 1290.